The first-order valence-corrected chi connectivity index (χ1v) is 12.6. The van der Waals surface area contributed by atoms with Gasteiger partial charge in [0.1, 0.15) is 0 Å². The van der Waals surface area contributed by atoms with Crippen molar-refractivity contribution in [2.24, 2.45) is 0 Å². The molecule has 1 fully saturated rings. The highest BCUT2D eigenvalue weighted by Crippen LogP contribution is 2.21. The second kappa shape index (κ2) is 11.8. The van der Waals surface area contributed by atoms with Crippen molar-refractivity contribution in [2.75, 3.05) is 0 Å². The molecule has 2 heterocycles. The van der Waals surface area contributed by atoms with Crippen LogP contribution in [0.15, 0.2) is 91.3 Å². The molecule has 1 saturated carbocycles. The lowest BCUT2D eigenvalue weighted by Gasteiger charge is -2.27. The Kier molecular flexibility index (Phi) is 7.86. The molecule has 3 N–H and O–H groups in total. The lowest BCUT2D eigenvalue weighted by atomic mass is 9.97. The van der Waals surface area contributed by atoms with Crippen LogP contribution in [-0.4, -0.2) is 49.9 Å². The van der Waals surface area contributed by atoms with Crippen molar-refractivity contribution < 1.29 is 19.5 Å². The second-order valence-corrected chi connectivity index (χ2v) is 9.24. The molecule has 9 heteroatoms. The monoisotopic (exact) mass is 511 g/mol. The van der Waals surface area contributed by atoms with Crippen LogP contribution >= 0.6 is 0 Å². The molecule has 38 heavy (non-hydrogen) atoms. The zero-order valence-electron chi connectivity index (χ0n) is 20.7. The molecule has 2 aromatic heterocycles. The molecule has 194 valence electrons. The van der Waals surface area contributed by atoms with Crippen molar-refractivity contribution in [1.29, 1.82) is 0 Å². The summed E-state index contributed by atoms with van der Waals surface area (Å²) < 4.78 is 1.54. The highest BCUT2D eigenvalue weighted by atomic mass is 16.7. The molecule has 0 saturated heterocycles. The van der Waals surface area contributed by atoms with Gasteiger partial charge in [-0.3, -0.25) is 14.4 Å². The number of nitrogens with one attached hydrogen (secondary N) is 2. The van der Waals surface area contributed by atoms with Gasteiger partial charge in [0, 0.05) is 18.0 Å². The van der Waals surface area contributed by atoms with Crippen molar-refractivity contribution in [3.05, 3.63) is 102 Å². The molecule has 2 amide bonds. The quantitative estimate of drug-likeness (QED) is 0.281. The van der Waals surface area contributed by atoms with Crippen LogP contribution in [0.4, 0.5) is 0 Å². The number of amides is 2. The zero-order chi connectivity index (χ0) is 26.3. The number of aliphatic hydroxyl groups is 1. The molecule has 4 aromatic rings. The van der Waals surface area contributed by atoms with Gasteiger partial charge in [0.15, 0.2) is 11.9 Å². The number of carbonyl (C=O) groups excluding carboxylic acids is 2. The second-order valence-electron chi connectivity index (χ2n) is 9.24. The lowest BCUT2D eigenvalue weighted by Crippen LogP contribution is -2.52. The van der Waals surface area contributed by atoms with Gasteiger partial charge < -0.3 is 10.4 Å². The summed E-state index contributed by atoms with van der Waals surface area (Å²) in [4.78, 5) is 36.0. The van der Waals surface area contributed by atoms with Crippen molar-refractivity contribution in [3.63, 3.8) is 0 Å². The van der Waals surface area contributed by atoms with Gasteiger partial charge in [-0.15, -0.1) is 0 Å². The average molecular weight is 512 g/mol. The molecule has 0 spiro atoms. The van der Waals surface area contributed by atoms with E-state index in [4.69, 9.17) is 4.84 Å². The summed E-state index contributed by atoms with van der Waals surface area (Å²) in [6, 6.07) is 23.3. The van der Waals surface area contributed by atoms with Crippen LogP contribution in [0.5, 0.6) is 0 Å². The number of rotatable bonds is 10. The van der Waals surface area contributed by atoms with Crippen molar-refractivity contribution >= 4 is 11.8 Å². The number of hydrogen-bond acceptors (Lipinski definition) is 6. The molecule has 0 radical (unpaired) electrons. The molecule has 1 aliphatic rings. The third kappa shape index (κ3) is 5.96. The van der Waals surface area contributed by atoms with Gasteiger partial charge in [-0.2, -0.15) is 5.10 Å². The largest absolute Gasteiger partial charge is 0.381 e. The Morgan fingerprint density at radius 2 is 1.74 bits per heavy atom. The van der Waals surface area contributed by atoms with Gasteiger partial charge in [-0.05, 0) is 49.4 Å². The third-order valence-electron chi connectivity index (χ3n) is 6.55. The number of carbonyl (C=O) groups is 2. The van der Waals surface area contributed by atoms with E-state index in [-0.39, 0.29) is 18.1 Å². The Morgan fingerprint density at radius 3 is 2.45 bits per heavy atom. The van der Waals surface area contributed by atoms with E-state index in [0.717, 1.165) is 36.1 Å². The summed E-state index contributed by atoms with van der Waals surface area (Å²) in [7, 11) is 0. The number of benzene rings is 2. The molecular formula is C29H29N5O4. The molecule has 2 atom stereocenters. The lowest BCUT2D eigenvalue weighted by molar-refractivity contribution is -0.152. The van der Waals surface area contributed by atoms with E-state index < -0.39 is 24.0 Å². The predicted molar refractivity (Wildman–Crippen MR) is 141 cm³/mol. The summed E-state index contributed by atoms with van der Waals surface area (Å²) >= 11 is 0. The van der Waals surface area contributed by atoms with E-state index in [1.54, 1.807) is 29.2 Å². The van der Waals surface area contributed by atoms with Crippen LogP contribution in [0.2, 0.25) is 0 Å². The van der Waals surface area contributed by atoms with E-state index in [9.17, 15) is 14.7 Å². The van der Waals surface area contributed by atoms with Crippen LogP contribution in [-0.2, 0) is 16.1 Å². The Bertz CT molecular complexity index is 1370. The SMILES string of the molecule is O=C(NC(Cc1ccccc1)C(O)C(=O)NOC1CCC1)c1cccnc1-n1ccc(-c2ccccc2)n1. The van der Waals surface area contributed by atoms with Crippen LogP contribution in [0, 0.1) is 0 Å². The molecule has 0 aliphatic heterocycles. The zero-order valence-corrected chi connectivity index (χ0v) is 20.7. The smallest absolute Gasteiger partial charge is 0.274 e. The fourth-order valence-corrected chi connectivity index (χ4v) is 4.19. The van der Waals surface area contributed by atoms with E-state index in [2.05, 4.69) is 20.9 Å². The number of aliphatic hydroxyl groups excluding tert-OH is 1. The minimum Gasteiger partial charge on any atom is -0.381 e. The number of aromatic nitrogens is 3. The normalized spacial score (nSPS) is 14.8. The topological polar surface area (TPSA) is 118 Å². The predicted octanol–water partition coefficient (Wildman–Crippen LogP) is 3.24. The summed E-state index contributed by atoms with van der Waals surface area (Å²) in [6.07, 6.45) is 4.76. The minimum atomic E-state index is -1.53. The number of hydroxylamine groups is 1. The summed E-state index contributed by atoms with van der Waals surface area (Å²) in [6.45, 7) is 0. The molecule has 9 nitrogen and oxygen atoms in total. The number of nitrogens with zero attached hydrogens (tertiary/aromatic N) is 3. The van der Waals surface area contributed by atoms with Crippen LogP contribution in [0.3, 0.4) is 0 Å². The Hall–Kier alpha value is -4.34. The fraction of sp³-hybridized carbons (Fsp3) is 0.241. The molecular weight excluding hydrogens is 482 g/mol. The van der Waals surface area contributed by atoms with E-state index in [0.29, 0.717) is 5.82 Å². The number of pyridine rings is 1. The summed E-state index contributed by atoms with van der Waals surface area (Å²) in [5.41, 5.74) is 5.14. The highest BCUT2D eigenvalue weighted by molar-refractivity contribution is 5.97. The van der Waals surface area contributed by atoms with Crippen LogP contribution in [0.1, 0.15) is 35.2 Å². The third-order valence-corrected chi connectivity index (χ3v) is 6.55. The molecule has 2 aromatic carbocycles. The van der Waals surface area contributed by atoms with Gasteiger partial charge in [-0.25, -0.2) is 15.1 Å². The van der Waals surface area contributed by atoms with Crippen molar-refractivity contribution in [2.45, 2.75) is 43.9 Å². The number of hydrogen-bond donors (Lipinski definition) is 3. The first-order valence-electron chi connectivity index (χ1n) is 12.6. The Labute approximate surface area is 220 Å². The molecule has 2 unspecified atom stereocenters. The van der Waals surface area contributed by atoms with E-state index in [1.807, 2.05) is 66.7 Å². The van der Waals surface area contributed by atoms with E-state index >= 15 is 0 Å². The molecule has 5 rings (SSSR count). The van der Waals surface area contributed by atoms with Crippen molar-refractivity contribution in [1.82, 2.24) is 25.6 Å². The van der Waals surface area contributed by atoms with Crippen LogP contribution < -0.4 is 10.8 Å². The first kappa shape index (κ1) is 25.3. The van der Waals surface area contributed by atoms with Crippen LogP contribution in [0.25, 0.3) is 17.1 Å². The van der Waals surface area contributed by atoms with Gasteiger partial charge in [0.25, 0.3) is 11.8 Å². The molecule has 1 aliphatic carbocycles. The van der Waals surface area contributed by atoms with Gasteiger partial charge >= 0.3 is 0 Å². The van der Waals surface area contributed by atoms with Gasteiger partial charge in [-0.1, -0.05) is 60.7 Å². The maximum Gasteiger partial charge on any atom is 0.274 e. The highest BCUT2D eigenvalue weighted by Gasteiger charge is 2.30. The standard InChI is InChI=1S/C29H29N5O4/c35-26(29(37)33-38-22-13-7-14-22)25(19-20-9-3-1-4-10-20)31-28(36)23-15-8-17-30-27(23)34-18-16-24(32-34)21-11-5-2-6-12-21/h1-6,8-12,15-18,22,25-26,35H,7,13-14,19H2,(H,31,36)(H,33,37). The van der Waals surface area contributed by atoms with E-state index in [1.165, 1.54) is 0 Å². The Balaban J connectivity index is 1.36. The van der Waals surface area contributed by atoms with Gasteiger partial charge in [0.2, 0.25) is 0 Å². The fourth-order valence-electron chi connectivity index (χ4n) is 4.19. The molecule has 0 bridgehead atoms. The van der Waals surface area contributed by atoms with Crippen molar-refractivity contribution in [3.8, 4) is 17.1 Å². The maximum atomic E-state index is 13.5. The first-order chi connectivity index (χ1) is 18.6. The maximum absolute atomic E-state index is 13.5. The van der Waals surface area contributed by atoms with Gasteiger partial charge in [0.05, 0.1) is 23.4 Å². The minimum absolute atomic E-state index is 0.0406. The Morgan fingerprint density at radius 1 is 1.00 bits per heavy atom. The summed E-state index contributed by atoms with van der Waals surface area (Å²) in [5.74, 6) is -0.862. The summed E-state index contributed by atoms with van der Waals surface area (Å²) in [5, 5.41) is 18.4. The average Bonchev–Trinajstić information content (AvgIpc) is 3.43.